The van der Waals surface area contributed by atoms with Gasteiger partial charge < -0.3 is 0 Å². The largest absolute Gasteiger partial charge is 0.272 e. The molecule has 1 aromatic carbocycles. The van der Waals surface area contributed by atoms with Gasteiger partial charge in [-0.3, -0.25) is 9.78 Å². The van der Waals surface area contributed by atoms with Gasteiger partial charge in [-0.25, -0.2) is 5.43 Å². The first kappa shape index (κ1) is 14.5. The third kappa shape index (κ3) is 3.35. The van der Waals surface area contributed by atoms with Crippen molar-refractivity contribution in [1.82, 2.24) is 10.4 Å². The Morgan fingerprint density at radius 1 is 1.20 bits per heavy atom. The van der Waals surface area contributed by atoms with Crippen LogP contribution in [0.15, 0.2) is 47.7 Å². The highest BCUT2D eigenvalue weighted by Crippen LogP contribution is 2.25. The zero-order valence-corrected chi connectivity index (χ0v) is 12.1. The number of nitrogens with zero attached hydrogens (tertiary/aromatic N) is 2. The number of rotatable bonds is 3. The molecule has 1 aromatic heterocycles. The summed E-state index contributed by atoms with van der Waals surface area (Å²) in [6.45, 7) is 1.75. The van der Waals surface area contributed by atoms with Gasteiger partial charge in [0.1, 0.15) is 0 Å². The fourth-order valence-corrected chi connectivity index (χ4v) is 1.89. The first-order chi connectivity index (χ1) is 9.59. The van der Waals surface area contributed by atoms with Crippen molar-refractivity contribution in [2.75, 3.05) is 0 Å². The molecule has 2 rings (SSSR count). The van der Waals surface area contributed by atoms with Crippen molar-refractivity contribution < 1.29 is 4.79 Å². The maximum absolute atomic E-state index is 12.0. The molecular weight excluding hydrogens is 297 g/mol. The molecule has 0 saturated heterocycles. The Morgan fingerprint density at radius 3 is 2.70 bits per heavy atom. The lowest BCUT2D eigenvalue weighted by atomic mass is 10.2. The van der Waals surface area contributed by atoms with E-state index in [4.69, 9.17) is 23.2 Å². The fraction of sp³-hybridized carbons (Fsp3) is 0.0714. The summed E-state index contributed by atoms with van der Waals surface area (Å²) in [4.78, 5) is 16.1. The quantitative estimate of drug-likeness (QED) is 0.696. The van der Waals surface area contributed by atoms with E-state index in [0.29, 0.717) is 16.4 Å². The van der Waals surface area contributed by atoms with Crippen LogP contribution < -0.4 is 5.43 Å². The normalized spacial score (nSPS) is 11.2. The van der Waals surface area contributed by atoms with E-state index in [0.717, 1.165) is 0 Å². The van der Waals surface area contributed by atoms with Crippen molar-refractivity contribution in [2.45, 2.75) is 6.92 Å². The highest BCUT2D eigenvalue weighted by molar-refractivity contribution is 6.43. The summed E-state index contributed by atoms with van der Waals surface area (Å²) in [5.74, 6) is -0.423. The van der Waals surface area contributed by atoms with Crippen LogP contribution in [0.25, 0.3) is 0 Å². The number of nitrogens with one attached hydrogen (secondary N) is 1. The summed E-state index contributed by atoms with van der Waals surface area (Å²) in [5.41, 5.74) is 3.99. The standard InChI is InChI=1S/C14H11Cl2N3O/c1-9(12-7-2-3-8-17-12)18-19-14(20)10-5-4-6-11(15)13(10)16/h2-8H,1H3,(H,19,20)/b18-9+. The summed E-state index contributed by atoms with van der Waals surface area (Å²) in [7, 11) is 0. The van der Waals surface area contributed by atoms with Crippen molar-refractivity contribution in [3.8, 4) is 0 Å². The molecule has 0 aliphatic heterocycles. The third-order valence-electron chi connectivity index (χ3n) is 2.56. The van der Waals surface area contributed by atoms with E-state index in [-0.39, 0.29) is 10.6 Å². The lowest BCUT2D eigenvalue weighted by molar-refractivity contribution is 0.0955. The van der Waals surface area contributed by atoms with Crippen LogP contribution in [0.4, 0.5) is 0 Å². The number of pyridine rings is 1. The molecule has 2 aromatic rings. The van der Waals surface area contributed by atoms with E-state index in [1.54, 1.807) is 43.5 Å². The first-order valence-corrected chi connectivity index (χ1v) is 6.55. The molecule has 0 bridgehead atoms. The molecule has 0 atom stereocenters. The molecule has 0 aliphatic carbocycles. The Kier molecular flexibility index (Phi) is 4.71. The average Bonchev–Trinajstić information content (AvgIpc) is 2.48. The molecule has 1 amide bonds. The molecule has 0 fully saturated rings. The molecule has 0 unspecified atom stereocenters. The second kappa shape index (κ2) is 6.50. The molecular formula is C14H11Cl2N3O. The van der Waals surface area contributed by atoms with Gasteiger partial charge >= 0.3 is 0 Å². The van der Waals surface area contributed by atoms with Gasteiger partial charge in [0, 0.05) is 6.20 Å². The topological polar surface area (TPSA) is 54.4 Å². The van der Waals surface area contributed by atoms with Crippen molar-refractivity contribution in [1.29, 1.82) is 0 Å². The Labute approximate surface area is 126 Å². The third-order valence-corrected chi connectivity index (χ3v) is 3.38. The number of aromatic nitrogens is 1. The number of hydrogen-bond acceptors (Lipinski definition) is 3. The first-order valence-electron chi connectivity index (χ1n) is 5.79. The van der Waals surface area contributed by atoms with Crippen molar-refractivity contribution >= 4 is 34.8 Å². The number of hydrazone groups is 1. The smallest absolute Gasteiger partial charge is 0.267 e. The van der Waals surface area contributed by atoms with Gasteiger partial charge in [-0.05, 0) is 31.2 Å². The second-order valence-corrected chi connectivity index (χ2v) is 4.74. The van der Waals surface area contributed by atoms with Gasteiger partial charge in [-0.1, -0.05) is 35.3 Å². The van der Waals surface area contributed by atoms with E-state index < -0.39 is 5.91 Å². The van der Waals surface area contributed by atoms with Crippen LogP contribution in [-0.4, -0.2) is 16.6 Å². The van der Waals surface area contributed by atoms with E-state index in [9.17, 15) is 4.79 Å². The molecule has 4 nitrogen and oxygen atoms in total. The molecule has 1 heterocycles. The Hall–Kier alpha value is -1.91. The van der Waals surface area contributed by atoms with Crippen LogP contribution in [0.3, 0.4) is 0 Å². The molecule has 102 valence electrons. The van der Waals surface area contributed by atoms with Crippen molar-refractivity contribution in [3.63, 3.8) is 0 Å². The van der Waals surface area contributed by atoms with E-state index in [1.165, 1.54) is 0 Å². The molecule has 20 heavy (non-hydrogen) atoms. The summed E-state index contributed by atoms with van der Waals surface area (Å²) in [6, 6.07) is 10.3. The Bertz CT molecular complexity index is 657. The van der Waals surface area contributed by atoms with Crippen LogP contribution >= 0.6 is 23.2 Å². The lowest BCUT2D eigenvalue weighted by Crippen LogP contribution is -2.20. The maximum atomic E-state index is 12.0. The average molecular weight is 308 g/mol. The van der Waals surface area contributed by atoms with Gasteiger partial charge in [-0.2, -0.15) is 5.10 Å². The number of carbonyl (C=O) groups is 1. The van der Waals surface area contributed by atoms with E-state index >= 15 is 0 Å². The van der Waals surface area contributed by atoms with Gasteiger partial charge in [0.15, 0.2) is 0 Å². The highest BCUT2D eigenvalue weighted by atomic mass is 35.5. The van der Waals surface area contributed by atoms with Crippen molar-refractivity contribution in [2.24, 2.45) is 5.10 Å². The summed E-state index contributed by atoms with van der Waals surface area (Å²) in [5, 5.41) is 4.52. The van der Waals surface area contributed by atoms with Crippen LogP contribution in [0, 0.1) is 0 Å². The SMILES string of the molecule is C/C(=N\NC(=O)c1cccc(Cl)c1Cl)c1ccccn1. The van der Waals surface area contributed by atoms with Gasteiger partial charge in [-0.15, -0.1) is 0 Å². The molecule has 6 heteroatoms. The minimum Gasteiger partial charge on any atom is -0.267 e. The van der Waals surface area contributed by atoms with E-state index in [1.807, 2.05) is 6.07 Å². The van der Waals surface area contributed by atoms with Gasteiger partial charge in [0.25, 0.3) is 5.91 Å². The fourth-order valence-electron chi connectivity index (χ4n) is 1.51. The summed E-state index contributed by atoms with van der Waals surface area (Å²) >= 11 is 11.8. The van der Waals surface area contributed by atoms with Crippen LogP contribution in [0.5, 0.6) is 0 Å². The molecule has 0 saturated carbocycles. The zero-order chi connectivity index (χ0) is 14.5. The van der Waals surface area contributed by atoms with Crippen LogP contribution in [-0.2, 0) is 0 Å². The summed E-state index contributed by atoms with van der Waals surface area (Å²) in [6.07, 6.45) is 1.66. The predicted octanol–water partition coefficient (Wildman–Crippen LogP) is 3.54. The minimum absolute atomic E-state index is 0.206. The molecule has 0 radical (unpaired) electrons. The molecule has 1 N–H and O–H groups in total. The van der Waals surface area contributed by atoms with Crippen LogP contribution in [0.2, 0.25) is 10.0 Å². The monoisotopic (exact) mass is 307 g/mol. The minimum atomic E-state index is -0.423. The maximum Gasteiger partial charge on any atom is 0.272 e. The number of benzene rings is 1. The predicted molar refractivity (Wildman–Crippen MR) is 80.4 cm³/mol. The Morgan fingerprint density at radius 2 is 2.00 bits per heavy atom. The number of carbonyl (C=O) groups excluding carboxylic acids is 1. The second-order valence-electron chi connectivity index (χ2n) is 3.95. The summed E-state index contributed by atoms with van der Waals surface area (Å²) < 4.78 is 0. The van der Waals surface area contributed by atoms with Gasteiger partial charge in [0.2, 0.25) is 0 Å². The number of amides is 1. The Balaban J connectivity index is 2.15. The lowest BCUT2D eigenvalue weighted by Gasteiger charge is -2.05. The van der Waals surface area contributed by atoms with Gasteiger partial charge in [0.05, 0.1) is 27.0 Å². The number of halogens is 2. The van der Waals surface area contributed by atoms with E-state index in [2.05, 4.69) is 15.5 Å². The number of hydrogen-bond donors (Lipinski definition) is 1. The molecule has 0 aliphatic rings. The van der Waals surface area contributed by atoms with Crippen LogP contribution in [0.1, 0.15) is 23.0 Å². The highest BCUT2D eigenvalue weighted by Gasteiger charge is 2.12. The zero-order valence-electron chi connectivity index (χ0n) is 10.6. The van der Waals surface area contributed by atoms with Crippen molar-refractivity contribution in [3.05, 3.63) is 63.9 Å². The molecule has 0 spiro atoms.